The molecule has 1 fully saturated rings. The van der Waals surface area contributed by atoms with Crippen molar-refractivity contribution in [1.29, 1.82) is 0 Å². The Hall–Kier alpha value is -2.51. The Morgan fingerprint density at radius 2 is 2.10 bits per heavy atom. The molecule has 156 valence electrons. The van der Waals surface area contributed by atoms with Gasteiger partial charge in [0.25, 0.3) is 0 Å². The maximum absolute atomic E-state index is 14.0. The summed E-state index contributed by atoms with van der Waals surface area (Å²) in [6.07, 6.45) is 3.78. The van der Waals surface area contributed by atoms with E-state index in [1.165, 1.54) is 12.1 Å². The topological polar surface area (TPSA) is 57.7 Å². The van der Waals surface area contributed by atoms with Crippen molar-refractivity contribution in [3.05, 3.63) is 58.3 Å². The quantitative estimate of drug-likeness (QED) is 0.528. The third-order valence-corrected chi connectivity index (χ3v) is 6.99. The van der Waals surface area contributed by atoms with Crippen molar-refractivity contribution in [3.8, 4) is 5.75 Å². The molecule has 0 unspecified atom stereocenters. The summed E-state index contributed by atoms with van der Waals surface area (Å²) in [6.45, 7) is 0.389. The monoisotopic (exact) mass is 427 g/mol. The number of hydrogen-bond acceptors (Lipinski definition) is 6. The van der Waals surface area contributed by atoms with Crippen LogP contribution in [0.1, 0.15) is 47.7 Å². The van der Waals surface area contributed by atoms with Gasteiger partial charge in [0.15, 0.2) is 6.79 Å². The highest BCUT2D eigenvalue weighted by Gasteiger charge is 2.35. The van der Waals surface area contributed by atoms with Crippen molar-refractivity contribution >= 4 is 27.5 Å². The number of halogens is 1. The molecule has 5 nitrogen and oxygen atoms in total. The molecule has 7 heteroatoms. The molecule has 3 aromatic rings. The summed E-state index contributed by atoms with van der Waals surface area (Å²) in [7, 11) is 0. The summed E-state index contributed by atoms with van der Waals surface area (Å²) in [5.74, 6) is -0.243. The molecule has 0 amide bonds. The zero-order chi connectivity index (χ0) is 20.5. The highest BCUT2D eigenvalue weighted by molar-refractivity contribution is 7.18. The minimum Gasteiger partial charge on any atom is -0.467 e. The fraction of sp³-hybridized carbons (Fsp3) is 0.391. The Labute approximate surface area is 177 Å². The second kappa shape index (κ2) is 8.32. The molecule has 2 aliphatic rings. The van der Waals surface area contributed by atoms with Crippen molar-refractivity contribution in [2.45, 2.75) is 44.8 Å². The Kier molecular flexibility index (Phi) is 5.39. The van der Waals surface area contributed by atoms with E-state index in [4.69, 9.17) is 19.2 Å². The fourth-order valence-corrected chi connectivity index (χ4v) is 5.54. The standard InChI is InChI=1S/C23H22FNO4S/c24-16-9-14-11-27-13-29-21(14)15(10-16)12-28-23(26)18-6-2-1-5-17(18)22-25-19-7-3-4-8-20(19)30-22/h3-4,7-10,17-18H,1-2,5-6,11-13H2/t17-,18+/m1/s1. The van der Waals surface area contributed by atoms with E-state index in [0.29, 0.717) is 16.9 Å². The molecule has 0 saturated heterocycles. The molecule has 2 aromatic carbocycles. The van der Waals surface area contributed by atoms with Crippen LogP contribution >= 0.6 is 11.3 Å². The summed E-state index contributed by atoms with van der Waals surface area (Å²) in [6, 6.07) is 10.8. The number of esters is 1. The molecule has 1 aliphatic heterocycles. The molecule has 2 heterocycles. The zero-order valence-electron chi connectivity index (χ0n) is 16.4. The Morgan fingerprint density at radius 3 is 3.00 bits per heavy atom. The second-order valence-electron chi connectivity index (χ2n) is 7.79. The zero-order valence-corrected chi connectivity index (χ0v) is 17.3. The number of ether oxygens (including phenoxy) is 3. The van der Waals surface area contributed by atoms with E-state index in [2.05, 4.69) is 6.07 Å². The first-order valence-corrected chi connectivity index (χ1v) is 11.0. The Morgan fingerprint density at radius 1 is 1.23 bits per heavy atom. The number of para-hydroxylation sites is 1. The van der Waals surface area contributed by atoms with E-state index in [1.54, 1.807) is 11.3 Å². The van der Waals surface area contributed by atoms with Crippen molar-refractivity contribution in [3.63, 3.8) is 0 Å². The summed E-state index contributed by atoms with van der Waals surface area (Å²) in [4.78, 5) is 17.8. The van der Waals surface area contributed by atoms with Gasteiger partial charge in [0.2, 0.25) is 0 Å². The highest BCUT2D eigenvalue weighted by atomic mass is 32.1. The van der Waals surface area contributed by atoms with Crippen LogP contribution in [0.2, 0.25) is 0 Å². The number of nitrogens with zero attached hydrogens (tertiary/aromatic N) is 1. The first-order valence-electron chi connectivity index (χ1n) is 10.2. The molecule has 0 radical (unpaired) electrons. The lowest BCUT2D eigenvalue weighted by atomic mass is 9.79. The lowest BCUT2D eigenvalue weighted by molar-refractivity contribution is -0.151. The van der Waals surface area contributed by atoms with Gasteiger partial charge in [0.05, 0.1) is 27.7 Å². The van der Waals surface area contributed by atoms with Crippen molar-refractivity contribution in [1.82, 2.24) is 4.98 Å². The van der Waals surface area contributed by atoms with Crippen LogP contribution in [0.5, 0.6) is 5.75 Å². The second-order valence-corrected chi connectivity index (χ2v) is 8.85. The minimum atomic E-state index is -0.390. The maximum Gasteiger partial charge on any atom is 0.309 e. The smallest absolute Gasteiger partial charge is 0.309 e. The SMILES string of the molecule is O=C(OCc1cc(F)cc2c1OCOC2)[C@H]1CCCC[C@H]1c1nc2ccccc2s1. The van der Waals surface area contributed by atoms with Gasteiger partial charge in [-0.05, 0) is 37.1 Å². The molecule has 1 aliphatic carbocycles. The van der Waals surface area contributed by atoms with Gasteiger partial charge in [-0.3, -0.25) is 4.79 Å². The van der Waals surface area contributed by atoms with E-state index in [1.807, 2.05) is 18.2 Å². The number of carbonyl (C=O) groups is 1. The number of hydrogen-bond donors (Lipinski definition) is 0. The lowest BCUT2D eigenvalue weighted by Crippen LogP contribution is -2.27. The van der Waals surface area contributed by atoms with Crippen LogP contribution in [0.3, 0.4) is 0 Å². The van der Waals surface area contributed by atoms with Gasteiger partial charge in [-0.25, -0.2) is 9.37 Å². The van der Waals surface area contributed by atoms with Crippen LogP contribution in [0.4, 0.5) is 4.39 Å². The number of thiazole rings is 1. The molecule has 1 saturated carbocycles. The Balaban J connectivity index is 1.34. The van der Waals surface area contributed by atoms with Crippen molar-refractivity contribution < 1.29 is 23.4 Å². The van der Waals surface area contributed by atoms with Crippen molar-refractivity contribution in [2.24, 2.45) is 5.92 Å². The van der Waals surface area contributed by atoms with Gasteiger partial charge >= 0.3 is 5.97 Å². The molecule has 0 spiro atoms. The van der Waals surface area contributed by atoms with Crippen LogP contribution in [0.15, 0.2) is 36.4 Å². The predicted octanol–water partition coefficient (Wildman–Crippen LogP) is 5.32. The fourth-order valence-electron chi connectivity index (χ4n) is 4.38. The van der Waals surface area contributed by atoms with Crippen LogP contribution in [-0.4, -0.2) is 17.7 Å². The van der Waals surface area contributed by atoms with Crippen LogP contribution < -0.4 is 4.74 Å². The predicted molar refractivity (Wildman–Crippen MR) is 111 cm³/mol. The minimum absolute atomic E-state index is 0.0119. The number of aromatic nitrogens is 1. The molecule has 1 aromatic heterocycles. The van der Waals surface area contributed by atoms with E-state index in [0.717, 1.165) is 40.9 Å². The normalized spacial score (nSPS) is 21.1. The first kappa shape index (κ1) is 19.5. The maximum atomic E-state index is 14.0. The van der Waals surface area contributed by atoms with E-state index in [9.17, 15) is 9.18 Å². The lowest BCUT2D eigenvalue weighted by Gasteiger charge is -2.28. The Bertz CT molecular complexity index is 1050. The summed E-state index contributed by atoms with van der Waals surface area (Å²) in [5, 5.41) is 1.00. The van der Waals surface area contributed by atoms with Gasteiger partial charge in [-0.15, -0.1) is 11.3 Å². The van der Waals surface area contributed by atoms with E-state index < -0.39 is 0 Å². The van der Waals surface area contributed by atoms with Gasteiger partial charge in [-0.2, -0.15) is 0 Å². The average molecular weight is 427 g/mol. The van der Waals surface area contributed by atoms with Crippen LogP contribution in [0.25, 0.3) is 10.2 Å². The average Bonchev–Trinajstić information content (AvgIpc) is 3.21. The number of rotatable bonds is 4. The molecule has 0 bridgehead atoms. The van der Waals surface area contributed by atoms with E-state index in [-0.39, 0.29) is 43.6 Å². The van der Waals surface area contributed by atoms with Gasteiger partial charge in [0, 0.05) is 17.0 Å². The van der Waals surface area contributed by atoms with Crippen molar-refractivity contribution in [2.75, 3.05) is 6.79 Å². The van der Waals surface area contributed by atoms with Gasteiger partial charge < -0.3 is 14.2 Å². The summed E-state index contributed by atoms with van der Waals surface area (Å²) >= 11 is 1.66. The number of carbonyl (C=O) groups excluding carboxylic acids is 1. The molecule has 30 heavy (non-hydrogen) atoms. The molecular formula is C23H22FNO4S. The van der Waals surface area contributed by atoms with Crippen LogP contribution in [0, 0.1) is 11.7 Å². The largest absolute Gasteiger partial charge is 0.467 e. The van der Waals surface area contributed by atoms with Gasteiger partial charge in [0.1, 0.15) is 18.2 Å². The summed E-state index contributed by atoms with van der Waals surface area (Å²) in [5.41, 5.74) is 2.15. The van der Waals surface area contributed by atoms with Gasteiger partial charge in [-0.1, -0.05) is 25.0 Å². The summed E-state index contributed by atoms with van der Waals surface area (Å²) < 4.78 is 31.5. The number of benzene rings is 2. The molecule has 2 atom stereocenters. The van der Waals surface area contributed by atoms with Crippen LogP contribution in [-0.2, 0) is 27.5 Å². The third kappa shape index (κ3) is 3.79. The first-order chi connectivity index (χ1) is 14.7. The molecule has 5 rings (SSSR count). The highest BCUT2D eigenvalue weighted by Crippen LogP contribution is 2.41. The van der Waals surface area contributed by atoms with E-state index >= 15 is 0 Å². The third-order valence-electron chi connectivity index (χ3n) is 5.82. The molecular weight excluding hydrogens is 405 g/mol. The number of fused-ring (bicyclic) bond motifs is 2. The molecule has 0 N–H and O–H groups in total.